The van der Waals surface area contributed by atoms with Crippen LogP contribution >= 0.6 is 0 Å². The average Bonchev–Trinajstić information content (AvgIpc) is 3.68. The second-order valence-electron chi connectivity index (χ2n) is 15.6. The van der Waals surface area contributed by atoms with E-state index in [9.17, 15) is 0 Å². The van der Waals surface area contributed by atoms with E-state index in [1.54, 1.807) is 0 Å². The van der Waals surface area contributed by atoms with Crippen LogP contribution in [0.4, 0.5) is 5.69 Å². The van der Waals surface area contributed by atoms with Gasteiger partial charge in [-0.25, -0.2) is 4.98 Å². The van der Waals surface area contributed by atoms with Gasteiger partial charge >= 0.3 is 0 Å². The molecule has 0 saturated carbocycles. The van der Waals surface area contributed by atoms with Crippen molar-refractivity contribution in [2.45, 2.75) is 87.5 Å². The van der Waals surface area contributed by atoms with Gasteiger partial charge in [-0.05, 0) is 153 Å². The van der Waals surface area contributed by atoms with Gasteiger partial charge in [-0.1, -0.05) is 131 Å². The molecule has 0 saturated heterocycles. The maximum absolute atomic E-state index is 5.49. The number of rotatable bonds is 14. The SMILES string of the molecule is C=C/C=C\C(=C(C)C)N(C1=C(C)CCC=C1)c1ccc(-c2cc(-c3nc(C/C=C\CC)c(CC)n3-c3ccccc3)cc(-c3cccc(C4=CC=CCN4)c3)c2C)cc1.CC. The molecule has 0 radical (unpaired) electrons. The van der Waals surface area contributed by atoms with Crippen molar-refractivity contribution in [2.24, 2.45) is 0 Å². The van der Waals surface area contributed by atoms with Gasteiger partial charge in [0.25, 0.3) is 0 Å². The number of allylic oxidation sites excluding steroid dienone is 11. The summed E-state index contributed by atoms with van der Waals surface area (Å²) in [7, 11) is 0. The maximum Gasteiger partial charge on any atom is 0.145 e. The number of benzene rings is 4. The molecule has 0 fully saturated rings. The number of hydrogen-bond acceptors (Lipinski definition) is 3. The molecule has 1 N–H and O–H groups in total. The van der Waals surface area contributed by atoms with Gasteiger partial charge in [0.2, 0.25) is 0 Å². The fourth-order valence-electron chi connectivity index (χ4n) is 8.24. The molecule has 61 heavy (non-hydrogen) atoms. The van der Waals surface area contributed by atoms with Crippen molar-refractivity contribution in [3.8, 4) is 39.3 Å². The Labute approximate surface area is 366 Å². The number of imidazole rings is 1. The van der Waals surface area contributed by atoms with E-state index in [-0.39, 0.29) is 0 Å². The van der Waals surface area contributed by atoms with E-state index in [1.807, 2.05) is 26.0 Å². The van der Waals surface area contributed by atoms with E-state index < -0.39 is 0 Å². The molecule has 1 aromatic heterocycles. The monoisotopic (exact) mass is 805 g/mol. The van der Waals surface area contributed by atoms with Crippen molar-refractivity contribution < 1.29 is 0 Å². The minimum atomic E-state index is 0.798. The zero-order valence-electron chi connectivity index (χ0n) is 37.7. The molecule has 0 amide bonds. The summed E-state index contributed by atoms with van der Waals surface area (Å²) in [5.41, 5.74) is 19.0. The van der Waals surface area contributed by atoms with Gasteiger partial charge in [-0.2, -0.15) is 0 Å². The predicted molar refractivity (Wildman–Crippen MR) is 265 cm³/mol. The third-order valence-electron chi connectivity index (χ3n) is 11.3. The van der Waals surface area contributed by atoms with E-state index in [2.05, 4.69) is 203 Å². The fourth-order valence-corrected chi connectivity index (χ4v) is 8.24. The summed E-state index contributed by atoms with van der Waals surface area (Å²) in [4.78, 5) is 7.90. The number of para-hydroxylation sites is 1. The smallest absolute Gasteiger partial charge is 0.145 e. The van der Waals surface area contributed by atoms with Crippen molar-refractivity contribution in [3.63, 3.8) is 0 Å². The van der Waals surface area contributed by atoms with E-state index in [0.29, 0.717) is 0 Å². The van der Waals surface area contributed by atoms with Crippen LogP contribution in [0.25, 0.3) is 45.0 Å². The van der Waals surface area contributed by atoms with Gasteiger partial charge in [-0.15, -0.1) is 0 Å². The van der Waals surface area contributed by atoms with Crippen molar-refractivity contribution in [3.05, 3.63) is 203 Å². The molecule has 1 aliphatic heterocycles. The lowest BCUT2D eigenvalue weighted by Crippen LogP contribution is -2.23. The lowest BCUT2D eigenvalue weighted by atomic mass is 9.89. The van der Waals surface area contributed by atoms with Gasteiger partial charge < -0.3 is 10.2 Å². The minimum Gasteiger partial charge on any atom is -0.381 e. The Morgan fingerprint density at radius 1 is 0.836 bits per heavy atom. The van der Waals surface area contributed by atoms with Crippen LogP contribution in [-0.2, 0) is 12.8 Å². The standard InChI is InChI=1S/C55H58N4.C2H6/c1-8-11-14-28-51-52(10-3)59(46-25-15-13-16-26-46)55(57-51)45-37-48(41(7)49(38-45)43-23-21-24-44(36-43)50-27-19-20-35-56-50)42-31-33-47(34-32-42)58(53(39(4)5)29-12-9-2)54-30-18-17-22-40(54)6;1-2/h9,11-16,18-21,23-27,29-34,36-38,56H,2,8,10,17,22,28,35H2,1,3-7H3;1-2H3/b14-11-,29-12-;. The number of nitrogens with one attached hydrogen (secondary N) is 1. The van der Waals surface area contributed by atoms with Crippen molar-refractivity contribution in [2.75, 3.05) is 11.4 Å². The highest BCUT2D eigenvalue weighted by Crippen LogP contribution is 2.40. The lowest BCUT2D eigenvalue weighted by Gasteiger charge is -2.31. The first kappa shape index (κ1) is 44.2. The second-order valence-corrected chi connectivity index (χ2v) is 15.6. The Kier molecular flexibility index (Phi) is 15.4. The van der Waals surface area contributed by atoms with Gasteiger partial charge in [0.15, 0.2) is 0 Å². The lowest BCUT2D eigenvalue weighted by molar-refractivity contribution is 0.912. The first-order valence-corrected chi connectivity index (χ1v) is 22.2. The Balaban J connectivity index is 0.00000307. The molecule has 0 spiro atoms. The molecule has 5 aromatic rings. The van der Waals surface area contributed by atoms with Crippen LogP contribution in [0.1, 0.15) is 90.2 Å². The van der Waals surface area contributed by atoms with E-state index >= 15 is 0 Å². The van der Waals surface area contributed by atoms with Crippen molar-refractivity contribution >= 4 is 11.4 Å². The second kappa shape index (κ2) is 21.2. The quantitative estimate of drug-likeness (QED) is 0.0896. The highest BCUT2D eigenvalue weighted by molar-refractivity contribution is 5.86. The number of aromatic nitrogens is 2. The number of dihydropyridines is 1. The van der Waals surface area contributed by atoms with Crippen LogP contribution in [0.15, 0.2) is 181 Å². The molecule has 0 unspecified atom stereocenters. The number of anilines is 1. The molecule has 0 atom stereocenters. The van der Waals surface area contributed by atoms with E-state index in [4.69, 9.17) is 4.98 Å². The molecular formula is C57H64N4. The summed E-state index contributed by atoms with van der Waals surface area (Å²) >= 11 is 0. The Morgan fingerprint density at radius 3 is 2.23 bits per heavy atom. The third-order valence-corrected chi connectivity index (χ3v) is 11.3. The molecule has 0 bridgehead atoms. The highest BCUT2D eigenvalue weighted by atomic mass is 15.2. The largest absolute Gasteiger partial charge is 0.381 e. The van der Waals surface area contributed by atoms with Crippen LogP contribution in [0.5, 0.6) is 0 Å². The fraction of sp³-hybridized carbons (Fsp3) is 0.246. The summed E-state index contributed by atoms with van der Waals surface area (Å²) < 4.78 is 2.39. The molecule has 312 valence electrons. The Hall–Kier alpha value is -6.39. The normalized spacial score (nSPS) is 13.5. The summed E-state index contributed by atoms with van der Waals surface area (Å²) in [6.45, 7) is 22.1. The maximum atomic E-state index is 5.49. The molecular weight excluding hydrogens is 741 g/mol. The van der Waals surface area contributed by atoms with E-state index in [0.717, 1.165) is 84.1 Å². The number of hydrogen-bond donors (Lipinski definition) is 1. The molecule has 2 heterocycles. The minimum absolute atomic E-state index is 0.798. The predicted octanol–water partition coefficient (Wildman–Crippen LogP) is 15.2. The van der Waals surface area contributed by atoms with Crippen molar-refractivity contribution in [1.82, 2.24) is 14.9 Å². The summed E-state index contributed by atoms with van der Waals surface area (Å²) in [6.07, 6.45) is 26.4. The van der Waals surface area contributed by atoms with Gasteiger partial charge in [0.1, 0.15) is 5.82 Å². The first-order valence-electron chi connectivity index (χ1n) is 22.2. The average molecular weight is 805 g/mol. The van der Waals surface area contributed by atoms with Crippen LogP contribution in [-0.4, -0.2) is 16.1 Å². The zero-order chi connectivity index (χ0) is 43.3. The zero-order valence-corrected chi connectivity index (χ0v) is 37.7. The topological polar surface area (TPSA) is 33.1 Å². The van der Waals surface area contributed by atoms with Crippen molar-refractivity contribution in [1.29, 1.82) is 0 Å². The van der Waals surface area contributed by atoms with Crippen LogP contribution in [0.3, 0.4) is 0 Å². The number of nitrogens with zero attached hydrogens (tertiary/aromatic N) is 3. The summed E-state index contributed by atoms with van der Waals surface area (Å²) in [5, 5.41) is 3.56. The van der Waals surface area contributed by atoms with Crippen LogP contribution < -0.4 is 10.2 Å². The first-order chi connectivity index (χ1) is 29.8. The Bertz CT molecular complexity index is 2530. The van der Waals surface area contributed by atoms with Crippen LogP contribution in [0, 0.1) is 6.92 Å². The highest BCUT2D eigenvalue weighted by Gasteiger charge is 2.23. The molecule has 1 aliphatic carbocycles. The van der Waals surface area contributed by atoms with Gasteiger partial charge in [-0.3, -0.25) is 4.57 Å². The molecule has 4 nitrogen and oxygen atoms in total. The summed E-state index contributed by atoms with van der Waals surface area (Å²) in [6, 6.07) is 33.5. The van der Waals surface area contributed by atoms with Gasteiger partial charge in [0.05, 0.1) is 5.69 Å². The van der Waals surface area contributed by atoms with Gasteiger partial charge in [0, 0.05) is 52.7 Å². The summed E-state index contributed by atoms with van der Waals surface area (Å²) in [5.74, 6) is 0.963. The van der Waals surface area contributed by atoms with E-state index in [1.165, 1.54) is 50.4 Å². The van der Waals surface area contributed by atoms with Crippen LogP contribution in [0.2, 0.25) is 0 Å². The molecule has 2 aliphatic rings. The third kappa shape index (κ3) is 9.98. The Morgan fingerprint density at radius 2 is 1.57 bits per heavy atom. The molecule has 4 heteroatoms. The molecule has 4 aromatic carbocycles. The molecule has 7 rings (SSSR count).